The summed E-state index contributed by atoms with van der Waals surface area (Å²) in [6, 6.07) is 10.2. The van der Waals surface area contributed by atoms with Crippen LogP contribution in [-0.4, -0.2) is 19.2 Å². The monoisotopic (exact) mass is 236 g/mol. The molecule has 3 nitrogen and oxygen atoms in total. The van der Waals surface area contributed by atoms with Gasteiger partial charge < -0.3 is 14.2 Å². The lowest BCUT2D eigenvalue weighted by molar-refractivity contribution is -0.489. The zero-order chi connectivity index (χ0) is 12.4. The van der Waals surface area contributed by atoms with Crippen LogP contribution in [0.2, 0.25) is 0 Å². The van der Waals surface area contributed by atoms with E-state index in [1.807, 2.05) is 32.0 Å². The summed E-state index contributed by atoms with van der Waals surface area (Å²) in [7, 11) is 0. The maximum atomic E-state index is 5.94. The van der Waals surface area contributed by atoms with E-state index < -0.39 is 5.97 Å². The summed E-state index contributed by atoms with van der Waals surface area (Å²) < 4.78 is 17.1. The van der Waals surface area contributed by atoms with E-state index in [9.17, 15) is 0 Å². The molecule has 0 bridgehead atoms. The average molecular weight is 236 g/mol. The van der Waals surface area contributed by atoms with Crippen LogP contribution in [0, 0.1) is 0 Å². The van der Waals surface area contributed by atoms with Crippen molar-refractivity contribution in [1.29, 1.82) is 0 Å². The molecule has 1 aliphatic rings. The molecule has 1 aromatic rings. The van der Waals surface area contributed by atoms with Crippen LogP contribution >= 0.6 is 0 Å². The maximum absolute atomic E-state index is 5.94. The van der Waals surface area contributed by atoms with Gasteiger partial charge in [-0.3, -0.25) is 0 Å². The van der Waals surface area contributed by atoms with E-state index in [1.165, 1.54) is 0 Å². The Kier molecular flexibility index (Phi) is 3.52. The summed E-state index contributed by atoms with van der Waals surface area (Å²) in [6.07, 6.45) is 0.728. The van der Waals surface area contributed by atoms with Gasteiger partial charge in [0.05, 0.1) is 6.42 Å². The summed E-state index contributed by atoms with van der Waals surface area (Å²) in [5.41, 5.74) is 0.862. The molecule has 0 N–H and O–H groups in total. The van der Waals surface area contributed by atoms with E-state index in [4.69, 9.17) is 14.2 Å². The van der Waals surface area contributed by atoms with Crippen LogP contribution in [0.15, 0.2) is 30.3 Å². The summed E-state index contributed by atoms with van der Waals surface area (Å²) in [4.78, 5) is 0. The van der Waals surface area contributed by atoms with Gasteiger partial charge in [0.2, 0.25) is 0 Å². The highest BCUT2D eigenvalue weighted by molar-refractivity contribution is 5.24. The summed E-state index contributed by atoms with van der Waals surface area (Å²) in [5.74, 6) is -0.839. The Morgan fingerprint density at radius 1 is 1.12 bits per heavy atom. The fraction of sp³-hybridized carbons (Fsp3) is 0.571. The number of benzene rings is 1. The van der Waals surface area contributed by atoms with Crippen molar-refractivity contribution in [3.05, 3.63) is 35.9 Å². The second-order valence-electron chi connectivity index (χ2n) is 4.42. The highest BCUT2D eigenvalue weighted by Gasteiger charge is 2.56. The van der Waals surface area contributed by atoms with Crippen LogP contribution < -0.4 is 0 Å². The maximum Gasteiger partial charge on any atom is 0.286 e. The smallest absolute Gasteiger partial charge is 0.286 e. The molecule has 1 fully saturated rings. The van der Waals surface area contributed by atoms with Crippen molar-refractivity contribution in [2.75, 3.05) is 13.2 Å². The van der Waals surface area contributed by atoms with E-state index >= 15 is 0 Å². The third-order valence-corrected chi connectivity index (χ3v) is 3.05. The van der Waals surface area contributed by atoms with Crippen molar-refractivity contribution in [2.45, 2.75) is 38.8 Å². The quantitative estimate of drug-likeness (QED) is 0.735. The molecule has 94 valence electrons. The molecule has 1 heterocycles. The molecular weight excluding hydrogens is 216 g/mol. The van der Waals surface area contributed by atoms with Crippen molar-refractivity contribution in [2.24, 2.45) is 0 Å². The molecular formula is C14H20O3. The predicted molar refractivity (Wildman–Crippen MR) is 65.5 cm³/mol. The molecule has 1 atom stereocenters. The number of hydrogen-bond acceptors (Lipinski definition) is 3. The van der Waals surface area contributed by atoms with E-state index in [-0.39, 0.29) is 5.60 Å². The standard InChI is InChI=1S/C14H20O3/c1-4-15-14(16-5-2)11-13(3,17-14)12-9-7-6-8-10-12/h6-10H,4-5,11H2,1-3H3. The third-order valence-electron chi connectivity index (χ3n) is 3.05. The van der Waals surface area contributed by atoms with Crippen LogP contribution in [0.4, 0.5) is 0 Å². The lowest BCUT2D eigenvalue weighted by Crippen LogP contribution is -2.59. The van der Waals surface area contributed by atoms with E-state index in [0.29, 0.717) is 13.2 Å². The van der Waals surface area contributed by atoms with Gasteiger partial charge in [-0.05, 0) is 26.3 Å². The minimum Gasteiger partial charge on any atom is -0.328 e. The Bertz CT molecular complexity index is 347. The van der Waals surface area contributed by atoms with Gasteiger partial charge in [-0.1, -0.05) is 30.3 Å². The minimum absolute atomic E-state index is 0.300. The molecule has 1 unspecified atom stereocenters. The Labute approximate surface area is 103 Å². The Morgan fingerprint density at radius 3 is 2.12 bits per heavy atom. The van der Waals surface area contributed by atoms with Crippen LogP contribution in [0.1, 0.15) is 32.8 Å². The molecule has 0 radical (unpaired) electrons. The zero-order valence-electron chi connectivity index (χ0n) is 10.7. The van der Waals surface area contributed by atoms with E-state index in [1.54, 1.807) is 0 Å². The van der Waals surface area contributed by atoms with Crippen molar-refractivity contribution in [3.63, 3.8) is 0 Å². The van der Waals surface area contributed by atoms with Crippen molar-refractivity contribution < 1.29 is 14.2 Å². The highest BCUT2D eigenvalue weighted by Crippen LogP contribution is 2.49. The van der Waals surface area contributed by atoms with Gasteiger partial charge in [-0.15, -0.1) is 0 Å². The second-order valence-corrected chi connectivity index (χ2v) is 4.42. The summed E-state index contributed by atoms with van der Waals surface area (Å²) >= 11 is 0. The SMILES string of the molecule is CCOC1(OCC)CC(C)(c2ccccc2)O1. The normalized spacial score (nSPS) is 26.5. The average Bonchev–Trinajstić information content (AvgIpc) is 2.29. The van der Waals surface area contributed by atoms with Gasteiger partial charge in [0.1, 0.15) is 5.60 Å². The Hall–Kier alpha value is -0.900. The molecule has 0 spiro atoms. The lowest BCUT2D eigenvalue weighted by atomic mass is 9.86. The van der Waals surface area contributed by atoms with Crippen LogP contribution in [-0.2, 0) is 19.8 Å². The molecule has 1 aromatic carbocycles. The van der Waals surface area contributed by atoms with Gasteiger partial charge in [-0.25, -0.2) is 0 Å². The summed E-state index contributed by atoms with van der Waals surface area (Å²) in [5, 5.41) is 0. The first-order valence-electron chi connectivity index (χ1n) is 6.18. The van der Waals surface area contributed by atoms with Gasteiger partial charge in [0, 0.05) is 13.2 Å². The first-order chi connectivity index (χ1) is 8.14. The molecule has 0 amide bonds. The van der Waals surface area contributed by atoms with Gasteiger partial charge in [0.15, 0.2) is 0 Å². The van der Waals surface area contributed by atoms with Crippen molar-refractivity contribution in [1.82, 2.24) is 0 Å². The third kappa shape index (κ3) is 2.37. The van der Waals surface area contributed by atoms with Crippen molar-refractivity contribution >= 4 is 0 Å². The minimum atomic E-state index is -0.839. The molecule has 0 saturated carbocycles. The molecule has 2 rings (SSSR count). The van der Waals surface area contributed by atoms with E-state index in [2.05, 4.69) is 19.1 Å². The first kappa shape index (κ1) is 12.6. The van der Waals surface area contributed by atoms with Gasteiger partial charge in [-0.2, -0.15) is 0 Å². The zero-order valence-corrected chi connectivity index (χ0v) is 10.7. The molecule has 1 saturated heterocycles. The first-order valence-corrected chi connectivity index (χ1v) is 6.18. The fourth-order valence-electron chi connectivity index (χ4n) is 2.34. The number of hydrogen-bond donors (Lipinski definition) is 0. The number of ether oxygens (including phenoxy) is 3. The summed E-state index contributed by atoms with van der Waals surface area (Å²) in [6.45, 7) is 7.14. The predicted octanol–water partition coefficient (Wildman–Crippen LogP) is 3.05. The van der Waals surface area contributed by atoms with Gasteiger partial charge >= 0.3 is 0 Å². The lowest BCUT2D eigenvalue weighted by Gasteiger charge is -2.52. The topological polar surface area (TPSA) is 27.7 Å². The molecule has 0 aliphatic carbocycles. The van der Waals surface area contributed by atoms with Gasteiger partial charge in [0.25, 0.3) is 5.97 Å². The van der Waals surface area contributed by atoms with Crippen LogP contribution in [0.25, 0.3) is 0 Å². The second kappa shape index (κ2) is 4.77. The molecule has 3 heteroatoms. The molecule has 1 aliphatic heterocycles. The molecule has 0 aromatic heterocycles. The van der Waals surface area contributed by atoms with Crippen molar-refractivity contribution in [3.8, 4) is 0 Å². The Balaban J connectivity index is 2.09. The highest BCUT2D eigenvalue weighted by atomic mass is 16.9. The largest absolute Gasteiger partial charge is 0.328 e. The molecule has 17 heavy (non-hydrogen) atoms. The van der Waals surface area contributed by atoms with Crippen LogP contribution in [0.5, 0.6) is 0 Å². The van der Waals surface area contributed by atoms with E-state index in [0.717, 1.165) is 12.0 Å². The fourth-order valence-corrected chi connectivity index (χ4v) is 2.34. The Morgan fingerprint density at radius 2 is 1.65 bits per heavy atom. The number of rotatable bonds is 5. The van der Waals surface area contributed by atoms with Crippen LogP contribution in [0.3, 0.4) is 0 Å².